The van der Waals surface area contributed by atoms with E-state index in [1.807, 2.05) is 46.7 Å². The Morgan fingerprint density at radius 1 is 1.33 bits per heavy atom. The molecular formula is C13H23N3O2. The van der Waals surface area contributed by atoms with E-state index in [-0.39, 0.29) is 11.9 Å². The van der Waals surface area contributed by atoms with Gasteiger partial charge in [0.05, 0.1) is 12.2 Å². The lowest BCUT2D eigenvalue weighted by atomic mass is 10.2. The van der Waals surface area contributed by atoms with Crippen molar-refractivity contribution in [3.8, 4) is 0 Å². The van der Waals surface area contributed by atoms with Gasteiger partial charge in [-0.2, -0.15) is 0 Å². The van der Waals surface area contributed by atoms with E-state index in [1.54, 1.807) is 4.90 Å². The second-order valence-electron chi connectivity index (χ2n) is 5.07. The maximum absolute atomic E-state index is 11.9. The maximum Gasteiger partial charge on any atom is 0.236 e. The SMILES string of the molecule is Cc1noc(C)c1CN(C)CC(=O)N(C)C(C)C. The van der Waals surface area contributed by atoms with Gasteiger partial charge in [0, 0.05) is 25.2 Å². The summed E-state index contributed by atoms with van der Waals surface area (Å²) < 4.78 is 5.11. The van der Waals surface area contributed by atoms with Crippen LogP contribution >= 0.6 is 0 Å². The molecule has 0 aliphatic heterocycles. The average Bonchev–Trinajstić information content (AvgIpc) is 2.59. The summed E-state index contributed by atoms with van der Waals surface area (Å²) in [5.74, 6) is 0.947. The van der Waals surface area contributed by atoms with Crippen LogP contribution in [0.5, 0.6) is 0 Å². The Morgan fingerprint density at radius 3 is 2.39 bits per heavy atom. The van der Waals surface area contributed by atoms with Gasteiger partial charge < -0.3 is 9.42 Å². The van der Waals surface area contributed by atoms with Gasteiger partial charge in [0.1, 0.15) is 5.76 Å². The Kier molecular flexibility index (Phi) is 4.90. The fourth-order valence-electron chi connectivity index (χ4n) is 1.68. The summed E-state index contributed by atoms with van der Waals surface area (Å²) in [6.45, 7) is 8.91. The van der Waals surface area contributed by atoms with E-state index < -0.39 is 0 Å². The molecule has 0 N–H and O–H groups in total. The number of likely N-dealkylation sites (N-methyl/N-ethyl adjacent to an activating group) is 2. The summed E-state index contributed by atoms with van der Waals surface area (Å²) in [6.07, 6.45) is 0. The Hall–Kier alpha value is -1.36. The van der Waals surface area contributed by atoms with Crippen LogP contribution in [0.2, 0.25) is 0 Å². The highest BCUT2D eigenvalue weighted by Crippen LogP contribution is 2.14. The van der Waals surface area contributed by atoms with Gasteiger partial charge in [0.25, 0.3) is 0 Å². The average molecular weight is 253 g/mol. The second kappa shape index (κ2) is 6.00. The summed E-state index contributed by atoms with van der Waals surface area (Å²) in [5.41, 5.74) is 1.96. The van der Waals surface area contributed by atoms with Crippen LogP contribution in [0, 0.1) is 13.8 Å². The molecule has 5 heteroatoms. The van der Waals surface area contributed by atoms with Crippen molar-refractivity contribution in [2.45, 2.75) is 40.3 Å². The molecule has 0 radical (unpaired) electrons. The Labute approximate surface area is 109 Å². The summed E-state index contributed by atoms with van der Waals surface area (Å²) in [5, 5.41) is 3.91. The lowest BCUT2D eigenvalue weighted by molar-refractivity contribution is -0.132. The van der Waals surface area contributed by atoms with Crippen LogP contribution in [0.15, 0.2) is 4.52 Å². The molecule has 1 rings (SSSR count). The van der Waals surface area contributed by atoms with E-state index in [1.165, 1.54) is 0 Å². The summed E-state index contributed by atoms with van der Waals surface area (Å²) >= 11 is 0. The van der Waals surface area contributed by atoms with Crippen molar-refractivity contribution >= 4 is 5.91 Å². The minimum atomic E-state index is 0.124. The lowest BCUT2D eigenvalue weighted by Crippen LogP contribution is -2.40. The zero-order valence-corrected chi connectivity index (χ0v) is 12.1. The van der Waals surface area contributed by atoms with Crippen molar-refractivity contribution in [3.63, 3.8) is 0 Å². The zero-order valence-electron chi connectivity index (χ0n) is 12.1. The Balaban J connectivity index is 2.57. The van der Waals surface area contributed by atoms with E-state index >= 15 is 0 Å². The monoisotopic (exact) mass is 253 g/mol. The van der Waals surface area contributed by atoms with Gasteiger partial charge in [-0.25, -0.2) is 0 Å². The van der Waals surface area contributed by atoms with Crippen molar-refractivity contribution in [1.29, 1.82) is 0 Å². The number of rotatable bonds is 5. The second-order valence-corrected chi connectivity index (χ2v) is 5.07. The van der Waals surface area contributed by atoms with E-state index in [0.717, 1.165) is 17.0 Å². The molecule has 1 heterocycles. The molecule has 0 bridgehead atoms. The summed E-state index contributed by atoms with van der Waals surface area (Å²) in [7, 11) is 3.76. The number of amides is 1. The molecule has 0 fully saturated rings. The Bertz CT molecular complexity index is 393. The van der Waals surface area contributed by atoms with Crippen LogP contribution in [-0.2, 0) is 11.3 Å². The highest BCUT2D eigenvalue weighted by atomic mass is 16.5. The zero-order chi connectivity index (χ0) is 13.9. The van der Waals surface area contributed by atoms with E-state index in [4.69, 9.17) is 4.52 Å². The molecule has 0 spiro atoms. The normalized spacial score (nSPS) is 11.3. The number of aryl methyl sites for hydroxylation is 2. The molecule has 0 aliphatic rings. The van der Waals surface area contributed by atoms with Gasteiger partial charge in [-0.1, -0.05) is 5.16 Å². The number of hydrogen-bond donors (Lipinski definition) is 0. The van der Waals surface area contributed by atoms with Crippen molar-refractivity contribution < 1.29 is 9.32 Å². The molecule has 0 unspecified atom stereocenters. The highest BCUT2D eigenvalue weighted by molar-refractivity contribution is 5.78. The number of hydrogen-bond acceptors (Lipinski definition) is 4. The smallest absolute Gasteiger partial charge is 0.236 e. The summed E-state index contributed by atoms with van der Waals surface area (Å²) in [6, 6.07) is 0.227. The third kappa shape index (κ3) is 3.57. The number of carbonyl (C=O) groups is 1. The molecule has 0 atom stereocenters. The minimum absolute atomic E-state index is 0.124. The number of nitrogens with zero attached hydrogens (tertiary/aromatic N) is 3. The van der Waals surface area contributed by atoms with Crippen LogP contribution in [0.4, 0.5) is 0 Å². The topological polar surface area (TPSA) is 49.6 Å². The van der Waals surface area contributed by atoms with Gasteiger partial charge in [0.2, 0.25) is 5.91 Å². The first-order chi connectivity index (χ1) is 8.32. The largest absolute Gasteiger partial charge is 0.361 e. The predicted octanol–water partition coefficient (Wildman–Crippen LogP) is 1.59. The van der Waals surface area contributed by atoms with Crippen molar-refractivity contribution in [1.82, 2.24) is 15.0 Å². The number of aromatic nitrogens is 1. The molecule has 1 amide bonds. The number of carbonyl (C=O) groups excluding carboxylic acids is 1. The molecular weight excluding hydrogens is 230 g/mol. The molecule has 1 aromatic heterocycles. The molecule has 102 valence electrons. The Morgan fingerprint density at radius 2 is 1.94 bits per heavy atom. The molecule has 0 aliphatic carbocycles. The van der Waals surface area contributed by atoms with Crippen LogP contribution in [0.25, 0.3) is 0 Å². The first-order valence-electron chi connectivity index (χ1n) is 6.18. The standard InChI is InChI=1S/C13H23N3O2/c1-9(2)16(6)13(17)8-15(5)7-12-10(3)14-18-11(12)4/h9H,7-8H2,1-6H3. The first-order valence-corrected chi connectivity index (χ1v) is 6.18. The van der Waals surface area contributed by atoms with Gasteiger partial charge in [-0.3, -0.25) is 9.69 Å². The van der Waals surface area contributed by atoms with Gasteiger partial charge in [-0.15, -0.1) is 0 Å². The van der Waals surface area contributed by atoms with Crippen molar-refractivity contribution in [3.05, 3.63) is 17.0 Å². The van der Waals surface area contributed by atoms with Gasteiger partial charge >= 0.3 is 0 Å². The van der Waals surface area contributed by atoms with Crippen molar-refractivity contribution in [2.75, 3.05) is 20.6 Å². The molecule has 0 saturated carbocycles. The molecule has 5 nitrogen and oxygen atoms in total. The fourth-order valence-corrected chi connectivity index (χ4v) is 1.68. The predicted molar refractivity (Wildman–Crippen MR) is 70.2 cm³/mol. The summed E-state index contributed by atoms with van der Waals surface area (Å²) in [4.78, 5) is 15.7. The molecule has 18 heavy (non-hydrogen) atoms. The van der Waals surface area contributed by atoms with Crippen LogP contribution in [-0.4, -0.2) is 47.5 Å². The molecule has 0 aromatic carbocycles. The van der Waals surface area contributed by atoms with E-state index in [0.29, 0.717) is 13.1 Å². The van der Waals surface area contributed by atoms with Crippen LogP contribution < -0.4 is 0 Å². The molecule has 0 saturated heterocycles. The first kappa shape index (κ1) is 14.7. The quantitative estimate of drug-likeness (QED) is 0.799. The minimum Gasteiger partial charge on any atom is -0.361 e. The highest BCUT2D eigenvalue weighted by Gasteiger charge is 2.16. The fraction of sp³-hybridized carbons (Fsp3) is 0.692. The third-order valence-electron chi connectivity index (χ3n) is 3.18. The maximum atomic E-state index is 11.9. The van der Waals surface area contributed by atoms with Crippen LogP contribution in [0.1, 0.15) is 30.9 Å². The van der Waals surface area contributed by atoms with Gasteiger partial charge in [-0.05, 0) is 34.7 Å². The van der Waals surface area contributed by atoms with Gasteiger partial charge in [0.15, 0.2) is 0 Å². The van der Waals surface area contributed by atoms with E-state index in [9.17, 15) is 4.79 Å². The molecule has 1 aromatic rings. The third-order valence-corrected chi connectivity index (χ3v) is 3.18. The van der Waals surface area contributed by atoms with E-state index in [2.05, 4.69) is 5.16 Å². The lowest BCUT2D eigenvalue weighted by Gasteiger charge is -2.24. The van der Waals surface area contributed by atoms with Crippen LogP contribution in [0.3, 0.4) is 0 Å². The van der Waals surface area contributed by atoms with Crippen molar-refractivity contribution in [2.24, 2.45) is 0 Å².